The number of unbranched alkanes of at least 4 members (excludes halogenated alkanes) is 4. The van der Waals surface area contributed by atoms with Crippen molar-refractivity contribution in [2.24, 2.45) is 0 Å². The van der Waals surface area contributed by atoms with Gasteiger partial charge in [-0.15, -0.1) is 0 Å². The highest BCUT2D eigenvalue weighted by Crippen LogP contribution is 2.24. The highest BCUT2D eigenvalue weighted by molar-refractivity contribution is 5.76. The summed E-state index contributed by atoms with van der Waals surface area (Å²) in [6.07, 6.45) is 9.37. The molecule has 0 radical (unpaired) electrons. The summed E-state index contributed by atoms with van der Waals surface area (Å²) in [5, 5.41) is 39.3. The molecule has 0 unspecified atom stereocenters. The van der Waals surface area contributed by atoms with E-state index in [1.807, 2.05) is 4.90 Å². The molecule has 0 aromatic carbocycles. The summed E-state index contributed by atoms with van der Waals surface area (Å²) in [6.45, 7) is 3.68. The Kier molecular flexibility index (Phi) is 11.6. The van der Waals surface area contributed by atoms with Gasteiger partial charge in [-0.2, -0.15) is 0 Å². The van der Waals surface area contributed by atoms with Crippen molar-refractivity contribution < 1.29 is 25.2 Å². The van der Waals surface area contributed by atoms with E-state index in [-0.39, 0.29) is 13.2 Å². The second-order valence-corrected chi connectivity index (χ2v) is 9.19. The molecule has 7 heteroatoms. The zero-order valence-corrected chi connectivity index (χ0v) is 18.8. The Bertz CT molecular complexity index is 486. The van der Waals surface area contributed by atoms with Gasteiger partial charge in [-0.05, 0) is 38.6 Å². The molecule has 1 aliphatic carbocycles. The monoisotopic (exact) mass is 428 g/mol. The molecule has 0 bridgehead atoms. The molecule has 1 saturated heterocycles. The fraction of sp³-hybridized carbons (Fsp3) is 0.957. The average molecular weight is 429 g/mol. The number of piperidine rings is 1. The molecule has 2 aliphatic rings. The Balaban J connectivity index is 1.71. The van der Waals surface area contributed by atoms with Gasteiger partial charge in [0.15, 0.2) is 0 Å². The van der Waals surface area contributed by atoms with Crippen molar-refractivity contribution in [1.29, 1.82) is 0 Å². The van der Waals surface area contributed by atoms with Gasteiger partial charge in [0.05, 0.1) is 18.8 Å². The number of β-amino-alcohol motifs (C(OH)–C–C–N with tert-alkyl or cyclic N) is 1. The third-order valence-electron chi connectivity index (χ3n) is 6.89. The predicted octanol–water partition coefficient (Wildman–Crippen LogP) is 1.66. The maximum absolute atomic E-state index is 12.7. The largest absolute Gasteiger partial charge is 0.395 e. The van der Waals surface area contributed by atoms with Crippen LogP contribution in [0.25, 0.3) is 0 Å². The summed E-state index contributed by atoms with van der Waals surface area (Å²) < 4.78 is 0. The Morgan fingerprint density at radius 1 is 0.967 bits per heavy atom. The maximum Gasteiger partial charge on any atom is 0.222 e. The van der Waals surface area contributed by atoms with Gasteiger partial charge < -0.3 is 25.3 Å². The van der Waals surface area contributed by atoms with Crippen LogP contribution < -0.4 is 0 Å². The molecule has 0 aromatic heterocycles. The number of nitrogens with zero attached hydrogens (tertiary/aromatic N) is 2. The molecular weight excluding hydrogens is 384 g/mol. The number of rotatable bonds is 12. The summed E-state index contributed by atoms with van der Waals surface area (Å²) in [6, 6.07) is -0.0995. The highest BCUT2D eigenvalue weighted by atomic mass is 16.4. The van der Waals surface area contributed by atoms with Crippen molar-refractivity contribution in [3.05, 3.63) is 0 Å². The third-order valence-corrected chi connectivity index (χ3v) is 6.89. The molecule has 1 amide bonds. The zero-order chi connectivity index (χ0) is 21.9. The number of aliphatic hydroxyl groups is 4. The zero-order valence-electron chi connectivity index (χ0n) is 18.8. The lowest BCUT2D eigenvalue weighted by Crippen LogP contribution is -2.62. The Labute approximate surface area is 182 Å². The first kappa shape index (κ1) is 25.5. The van der Waals surface area contributed by atoms with Crippen LogP contribution in [-0.4, -0.2) is 92.8 Å². The fourth-order valence-corrected chi connectivity index (χ4v) is 4.96. The van der Waals surface area contributed by atoms with Crippen molar-refractivity contribution >= 4 is 5.91 Å². The van der Waals surface area contributed by atoms with E-state index in [1.165, 1.54) is 19.3 Å². The molecule has 7 nitrogen and oxygen atoms in total. The molecular formula is C23H44N2O5. The number of likely N-dealkylation sites (tertiary alicyclic amines) is 1. The van der Waals surface area contributed by atoms with Crippen LogP contribution in [0.4, 0.5) is 0 Å². The third kappa shape index (κ3) is 7.45. The molecule has 0 spiro atoms. The van der Waals surface area contributed by atoms with Crippen LogP contribution in [-0.2, 0) is 4.79 Å². The van der Waals surface area contributed by atoms with Gasteiger partial charge in [-0.1, -0.05) is 45.4 Å². The SMILES string of the molecule is CCCCC(=O)N(CCCCCCN1C[C@H](O)[C@@H](O)[C@H](O)[C@H]1CO)C1CCCCC1. The lowest BCUT2D eigenvalue weighted by molar-refractivity contribution is -0.145. The van der Waals surface area contributed by atoms with Crippen molar-refractivity contribution in [2.75, 3.05) is 26.2 Å². The first-order valence-corrected chi connectivity index (χ1v) is 12.2. The van der Waals surface area contributed by atoms with Gasteiger partial charge in [0, 0.05) is 25.6 Å². The second-order valence-electron chi connectivity index (χ2n) is 9.19. The summed E-state index contributed by atoms with van der Waals surface area (Å²) in [5.41, 5.74) is 0. The molecule has 1 saturated carbocycles. The summed E-state index contributed by atoms with van der Waals surface area (Å²) in [5.74, 6) is 0.324. The first-order valence-electron chi connectivity index (χ1n) is 12.2. The number of hydrogen-bond acceptors (Lipinski definition) is 6. The summed E-state index contributed by atoms with van der Waals surface area (Å²) in [4.78, 5) is 16.8. The predicted molar refractivity (Wildman–Crippen MR) is 117 cm³/mol. The lowest BCUT2D eigenvalue weighted by atomic mass is 9.93. The first-order chi connectivity index (χ1) is 14.5. The van der Waals surface area contributed by atoms with Gasteiger partial charge in [-0.25, -0.2) is 0 Å². The van der Waals surface area contributed by atoms with E-state index in [4.69, 9.17) is 0 Å². The molecule has 4 atom stereocenters. The van der Waals surface area contributed by atoms with E-state index >= 15 is 0 Å². The number of carbonyl (C=O) groups excluding carboxylic acids is 1. The van der Waals surface area contributed by atoms with Crippen LogP contribution in [0.2, 0.25) is 0 Å². The minimum absolute atomic E-state index is 0.235. The van der Waals surface area contributed by atoms with E-state index in [0.717, 1.165) is 57.9 Å². The molecule has 1 aliphatic heterocycles. The number of carbonyl (C=O) groups is 1. The van der Waals surface area contributed by atoms with Crippen molar-refractivity contribution in [2.45, 2.75) is 114 Å². The minimum atomic E-state index is -1.20. The van der Waals surface area contributed by atoms with Crippen molar-refractivity contribution in [1.82, 2.24) is 9.80 Å². The van der Waals surface area contributed by atoms with Crippen molar-refractivity contribution in [3.63, 3.8) is 0 Å². The van der Waals surface area contributed by atoms with Crippen LogP contribution in [0.1, 0.15) is 84.0 Å². The van der Waals surface area contributed by atoms with Crippen LogP contribution in [0.15, 0.2) is 0 Å². The fourth-order valence-electron chi connectivity index (χ4n) is 4.96. The molecule has 30 heavy (non-hydrogen) atoms. The lowest BCUT2D eigenvalue weighted by Gasteiger charge is -2.43. The molecule has 176 valence electrons. The highest BCUT2D eigenvalue weighted by Gasteiger charge is 2.40. The van der Waals surface area contributed by atoms with E-state index in [0.29, 0.717) is 24.9 Å². The van der Waals surface area contributed by atoms with Crippen LogP contribution in [0.3, 0.4) is 0 Å². The van der Waals surface area contributed by atoms with Gasteiger partial charge in [0.1, 0.15) is 12.2 Å². The number of aliphatic hydroxyl groups excluding tert-OH is 4. The molecule has 1 heterocycles. The molecule has 4 N–H and O–H groups in total. The standard InChI is InChI=1S/C23H44N2O5/c1-2-3-13-21(28)25(18-11-7-6-8-12-18)15-10-5-4-9-14-24-16-20(27)23(30)22(29)19(24)17-26/h18-20,22-23,26-27,29-30H,2-17H2,1H3/t19-,20+,22-,23-/m1/s1. The maximum atomic E-state index is 12.7. The van der Waals surface area contributed by atoms with Crippen LogP contribution >= 0.6 is 0 Å². The number of hydrogen-bond donors (Lipinski definition) is 4. The topological polar surface area (TPSA) is 104 Å². The minimum Gasteiger partial charge on any atom is -0.395 e. The Morgan fingerprint density at radius 2 is 1.67 bits per heavy atom. The van der Waals surface area contributed by atoms with E-state index in [9.17, 15) is 25.2 Å². The van der Waals surface area contributed by atoms with Crippen LogP contribution in [0, 0.1) is 0 Å². The van der Waals surface area contributed by atoms with Gasteiger partial charge in [0.25, 0.3) is 0 Å². The van der Waals surface area contributed by atoms with Gasteiger partial charge in [0.2, 0.25) is 5.91 Å². The van der Waals surface area contributed by atoms with Gasteiger partial charge >= 0.3 is 0 Å². The number of amides is 1. The Hall–Kier alpha value is -0.730. The summed E-state index contributed by atoms with van der Waals surface area (Å²) >= 11 is 0. The van der Waals surface area contributed by atoms with Crippen molar-refractivity contribution in [3.8, 4) is 0 Å². The molecule has 2 rings (SSSR count). The average Bonchev–Trinajstić information content (AvgIpc) is 2.76. The van der Waals surface area contributed by atoms with E-state index in [1.54, 1.807) is 0 Å². The van der Waals surface area contributed by atoms with Gasteiger partial charge in [-0.3, -0.25) is 9.69 Å². The van der Waals surface area contributed by atoms with E-state index < -0.39 is 24.4 Å². The summed E-state index contributed by atoms with van der Waals surface area (Å²) in [7, 11) is 0. The molecule has 2 fully saturated rings. The van der Waals surface area contributed by atoms with E-state index in [2.05, 4.69) is 11.8 Å². The normalized spacial score (nSPS) is 28.6. The Morgan fingerprint density at radius 3 is 2.33 bits per heavy atom. The van der Waals surface area contributed by atoms with Crippen LogP contribution in [0.5, 0.6) is 0 Å². The molecule has 0 aromatic rings. The quantitative estimate of drug-likeness (QED) is 0.353. The second kappa shape index (κ2) is 13.6. The smallest absolute Gasteiger partial charge is 0.222 e.